The molecule has 0 aromatic carbocycles. The van der Waals surface area contributed by atoms with Crippen LogP contribution in [0.4, 0.5) is 0 Å². The highest BCUT2D eigenvalue weighted by molar-refractivity contribution is 7.99. The minimum Gasteiger partial charge on any atom is -0.366 e. The highest BCUT2D eigenvalue weighted by Gasteiger charge is 2.29. The van der Waals surface area contributed by atoms with Crippen LogP contribution < -0.4 is 5.73 Å². The summed E-state index contributed by atoms with van der Waals surface area (Å²) in [5.74, 6) is 0.484. The van der Waals surface area contributed by atoms with E-state index >= 15 is 0 Å². The highest BCUT2D eigenvalue weighted by Crippen LogP contribution is 2.43. The van der Waals surface area contributed by atoms with E-state index in [0.29, 0.717) is 5.56 Å². The second kappa shape index (κ2) is 3.92. The lowest BCUT2D eigenvalue weighted by Crippen LogP contribution is -2.13. The van der Waals surface area contributed by atoms with Crippen molar-refractivity contribution in [1.29, 1.82) is 0 Å². The third-order valence-corrected chi connectivity index (χ3v) is 4.14. The van der Waals surface area contributed by atoms with Gasteiger partial charge in [-0.05, 0) is 17.7 Å². The van der Waals surface area contributed by atoms with Crippen molar-refractivity contribution in [2.24, 2.45) is 5.73 Å². The maximum Gasteiger partial charge on any atom is 0.250 e. The van der Waals surface area contributed by atoms with Crippen molar-refractivity contribution in [3.63, 3.8) is 0 Å². The van der Waals surface area contributed by atoms with Crippen LogP contribution in [0.15, 0.2) is 36.8 Å². The molecule has 0 saturated heterocycles. The number of rotatable bonds is 2. The molecule has 2 N–H and O–H groups in total. The molecule has 0 saturated carbocycles. The van der Waals surface area contributed by atoms with Crippen molar-refractivity contribution in [3.8, 4) is 0 Å². The van der Waals surface area contributed by atoms with Crippen molar-refractivity contribution < 1.29 is 4.79 Å². The van der Waals surface area contributed by atoms with Crippen LogP contribution in [0.5, 0.6) is 0 Å². The summed E-state index contributed by atoms with van der Waals surface area (Å²) in [6.45, 7) is 0. The Morgan fingerprint density at radius 2 is 2.41 bits per heavy atom. The molecule has 1 unspecified atom stereocenters. The van der Waals surface area contributed by atoms with E-state index in [1.165, 1.54) is 0 Å². The van der Waals surface area contributed by atoms with Gasteiger partial charge in [-0.1, -0.05) is 6.07 Å². The molecule has 5 heteroatoms. The first kappa shape index (κ1) is 10.4. The lowest BCUT2D eigenvalue weighted by Gasteiger charge is -2.10. The fourth-order valence-electron chi connectivity index (χ4n) is 2.12. The molecular formula is C12H11N3OS. The molecule has 1 amide bonds. The molecular weight excluding hydrogens is 234 g/mol. The van der Waals surface area contributed by atoms with Crippen LogP contribution in [0.1, 0.15) is 26.9 Å². The first-order valence-electron chi connectivity index (χ1n) is 5.27. The third-order valence-electron chi connectivity index (χ3n) is 2.89. The summed E-state index contributed by atoms with van der Waals surface area (Å²) in [5, 5.41) is 0.154. The van der Waals surface area contributed by atoms with Gasteiger partial charge in [-0.15, -0.1) is 11.8 Å². The van der Waals surface area contributed by atoms with Crippen LogP contribution in [0.25, 0.3) is 0 Å². The molecule has 1 aliphatic rings. The number of primary amides is 1. The fraction of sp³-hybridized carbons (Fsp3) is 0.167. The van der Waals surface area contributed by atoms with Crippen LogP contribution in [0.3, 0.4) is 0 Å². The molecule has 0 bridgehead atoms. The van der Waals surface area contributed by atoms with Gasteiger partial charge >= 0.3 is 0 Å². The lowest BCUT2D eigenvalue weighted by molar-refractivity contribution is 0.0999. The minimum atomic E-state index is -0.366. The second-order valence-corrected chi connectivity index (χ2v) is 4.97. The van der Waals surface area contributed by atoms with Crippen molar-refractivity contribution in [1.82, 2.24) is 9.55 Å². The number of hydrogen-bond acceptors (Lipinski definition) is 3. The van der Waals surface area contributed by atoms with Crippen molar-refractivity contribution in [2.75, 3.05) is 0 Å². The summed E-state index contributed by atoms with van der Waals surface area (Å²) in [5.41, 5.74) is 8.11. The normalized spacial score (nSPS) is 18.0. The number of nitrogens with two attached hydrogens (primary N) is 1. The number of fused-ring (bicyclic) bond motifs is 1. The van der Waals surface area contributed by atoms with Crippen LogP contribution in [0.2, 0.25) is 0 Å². The van der Waals surface area contributed by atoms with E-state index in [1.807, 2.05) is 24.5 Å². The van der Waals surface area contributed by atoms with Gasteiger partial charge in [-0.3, -0.25) is 9.78 Å². The maximum atomic E-state index is 11.4. The van der Waals surface area contributed by atoms with E-state index in [9.17, 15) is 4.79 Å². The van der Waals surface area contributed by atoms with Gasteiger partial charge in [-0.2, -0.15) is 0 Å². The molecule has 1 atom stereocenters. The average Bonchev–Trinajstić information content (AvgIpc) is 2.90. The Morgan fingerprint density at radius 1 is 1.53 bits per heavy atom. The zero-order valence-electron chi connectivity index (χ0n) is 9.04. The molecule has 0 aliphatic carbocycles. The SMILES string of the molecule is NC(=O)c1ccn2c1C(c1cccnc1)SC2. The molecule has 0 radical (unpaired) electrons. The quantitative estimate of drug-likeness (QED) is 0.877. The van der Waals surface area contributed by atoms with E-state index in [0.717, 1.165) is 17.1 Å². The summed E-state index contributed by atoms with van der Waals surface area (Å²) in [6.07, 6.45) is 5.50. The second-order valence-electron chi connectivity index (χ2n) is 3.91. The number of carbonyl (C=O) groups is 1. The molecule has 4 nitrogen and oxygen atoms in total. The number of pyridine rings is 1. The zero-order valence-corrected chi connectivity index (χ0v) is 9.85. The topological polar surface area (TPSA) is 60.9 Å². The van der Waals surface area contributed by atoms with Gasteiger partial charge in [0.1, 0.15) is 0 Å². The van der Waals surface area contributed by atoms with Gasteiger partial charge < -0.3 is 10.3 Å². The van der Waals surface area contributed by atoms with Gasteiger partial charge in [0.15, 0.2) is 0 Å². The molecule has 86 valence electrons. The molecule has 1 aliphatic heterocycles. The summed E-state index contributed by atoms with van der Waals surface area (Å²) < 4.78 is 2.07. The molecule has 3 rings (SSSR count). The lowest BCUT2D eigenvalue weighted by atomic mass is 10.1. The van der Waals surface area contributed by atoms with Crippen LogP contribution in [0, 0.1) is 0 Å². The molecule has 0 fully saturated rings. The smallest absolute Gasteiger partial charge is 0.250 e. The summed E-state index contributed by atoms with van der Waals surface area (Å²) >= 11 is 1.78. The van der Waals surface area contributed by atoms with Crippen molar-refractivity contribution in [3.05, 3.63) is 53.6 Å². The Balaban J connectivity index is 2.09. The number of aromatic nitrogens is 2. The molecule has 2 aromatic rings. The van der Waals surface area contributed by atoms with Gasteiger partial charge in [0.05, 0.1) is 16.7 Å². The number of amides is 1. The molecule has 17 heavy (non-hydrogen) atoms. The standard InChI is InChI=1S/C12H11N3OS/c13-12(16)9-3-5-15-7-17-11(10(9)15)8-2-1-4-14-6-8/h1-6,11H,7H2,(H2,13,16). The number of thioether (sulfide) groups is 1. The van der Waals surface area contributed by atoms with E-state index in [2.05, 4.69) is 9.55 Å². The Kier molecular flexibility index (Phi) is 2.40. The van der Waals surface area contributed by atoms with Crippen LogP contribution >= 0.6 is 11.8 Å². The average molecular weight is 245 g/mol. The van der Waals surface area contributed by atoms with E-state index in [-0.39, 0.29) is 11.2 Å². The predicted octanol–water partition coefficient (Wildman–Crippen LogP) is 1.78. The van der Waals surface area contributed by atoms with Gasteiger partial charge in [0, 0.05) is 24.3 Å². The minimum absolute atomic E-state index is 0.154. The number of hydrogen-bond donors (Lipinski definition) is 1. The van der Waals surface area contributed by atoms with Crippen LogP contribution in [-0.2, 0) is 5.88 Å². The van der Waals surface area contributed by atoms with Gasteiger partial charge in [0.25, 0.3) is 5.91 Å². The molecule has 3 heterocycles. The third kappa shape index (κ3) is 1.63. The Morgan fingerprint density at radius 3 is 3.12 bits per heavy atom. The van der Waals surface area contributed by atoms with E-state index in [4.69, 9.17) is 5.73 Å². The Hall–Kier alpha value is -1.75. The van der Waals surface area contributed by atoms with Crippen LogP contribution in [-0.4, -0.2) is 15.5 Å². The summed E-state index contributed by atoms with van der Waals surface area (Å²) in [7, 11) is 0. The summed E-state index contributed by atoms with van der Waals surface area (Å²) in [4.78, 5) is 15.5. The number of carbonyl (C=O) groups excluding carboxylic acids is 1. The first-order chi connectivity index (χ1) is 8.27. The predicted molar refractivity (Wildman–Crippen MR) is 66.6 cm³/mol. The summed E-state index contributed by atoms with van der Waals surface area (Å²) in [6, 6.07) is 5.73. The Bertz CT molecular complexity index is 564. The van der Waals surface area contributed by atoms with E-state index < -0.39 is 0 Å². The zero-order chi connectivity index (χ0) is 11.8. The monoisotopic (exact) mass is 245 g/mol. The highest BCUT2D eigenvalue weighted by atomic mass is 32.2. The molecule has 2 aromatic heterocycles. The fourth-order valence-corrected chi connectivity index (χ4v) is 3.40. The van der Waals surface area contributed by atoms with E-state index in [1.54, 1.807) is 24.0 Å². The largest absolute Gasteiger partial charge is 0.366 e. The van der Waals surface area contributed by atoms with Crippen molar-refractivity contribution >= 4 is 17.7 Å². The maximum absolute atomic E-state index is 11.4. The Labute approximate surface area is 103 Å². The van der Waals surface area contributed by atoms with Crippen molar-refractivity contribution in [2.45, 2.75) is 11.1 Å². The van der Waals surface area contributed by atoms with Gasteiger partial charge in [-0.25, -0.2) is 0 Å². The molecule has 0 spiro atoms. The first-order valence-corrected chi connectivity index (χ1v) is 6.32. The number of nitrogens with zero attached hydrogens (tertiary/aromatic N) is 2. The van der Waals surface area contributed by atoms with Gasteiger partial charge in [0.2, 0.25) is 0 Å².